The third-order valence-corrected chi connectivity index (χ3v) is 5.32. The Labute approximate surface area is 179 Å². The quantitative estimate of drug-likeness (QED) is 0.445. The van der Waals surface area contributed by atoms with Crippen molar-refractivity contribution in [1.29, 1.82) is 0 Å². The Bertz CT molecular complexity index is 1300. The monoisotopic (exact) mass is 420 g/mol. The van der Waals surface area contributed by atoms with E-state index in [2.05, 4.69) is 20.3 Å². The van der Waals surface area contributed by atoms with Crippen molar-refractivity contribution >= 4 is 28.3 Å². The van der Waals surface area contributed by atoms with E-state index in [1.807, 2.05) is 39.0 Å². The predicted octanol–water partition coefficient (Wildman–Crippen LogP) is 5.40. The molecule has 1 aromatic carbocycles. The van der Waals surface area contributed by atoms with Gasteiger partial charge in [-0.15, -0.1) is 0 Å². The molecule has 7 heteroatoms. The van der Waals surface area contributed by atoms with Crippen LogP contribution in [0, 0.1) is 20.8 Å². The van der Waals surface area contributed by atoms with Gasteiger partial charge in [-0.2, -0.15) is 0 Å². The Kier molecular flexibility index (Phi) is 5.26. The fraction of sp³-hybridized carbons (Fsp3) is 0.217. The molecule has 0 spiro atoms. The van der Waals surface area contributed by atoms with E-state index in [1.54, 1.807) is 25.4 Å². The van der Waals surface area contributed by atoms with Crippen LogP contribution in [0.1, 0.15) is 35.3 Å². The van der Waals surface area contributed by atoms with Gasteiger partial charge in [-0.3, -0.25) is 4.79 Å². The lowest BCUT2D eigenvalue weighted by Crippen LogP contribution is -2.13. The highest BCUT2D eigenvalue weighted by Gasteiger charge is 2.19. The minimum Gasteiger partial charge on any atom is -0.455 e. The molecule has 1 atom stereocenters. The summed E-state index contributed by atoms with van der Waals surface area (Å²) in [4.78, 5) is 25.6. The summed E-state index contributed by atoms with van der Waals surface area (Å²) in [5.41, 5.74) is 5.23. The number of nitrogens with one attached hydrogen (secondary N) is 1. The Balaban J connectivity index is 1.89. The molecule has 3 aromatic heterocycles. The lowest BCUT2D eigenvalue weighted by molar-refractivity contribution is 0.605. The highest BCUT2D eigenvalue weighted by molar-refractivity contribution is 6.29. The number of anilines is 1. The molecule has 0 amide bonds. The van der Waals surface area contributed by atoms with Crippen LogP contribution in [0.25, 0.3) is 22.3 Å². The summed E-state index contributed by atoms with van der Waals surface area (Å²) in [6.45, 7) is 7.65. The number of rotatable bonds is 4. The Hall–Kier alpha value is -3.25. The molecule has 3 heterocycles. The summed E-state index contributed by atoms with van der Waals surface area (Å²) in [7, 11) is 0. The molecule has 0 fully saturated rings. The molecule has 0 bridgehead atoms. The molecule has 4 aromatic rings. The third-order valence-electron chi connectivity index (χ3n) is 5.11. The van der Waals surface area contributed by atoms with E-state index in [1.165, 1.54) is 6.33 Å². The second-order valence-corrected chi connectivity index (χ2v) is 7.76. The van der Waals surface area contributed by atoms with Crippen molar-refractivity contribution in [3.8, 4) is 11.3 Å². The van der Waals surface area contributed by atoms with E-state index < -0.39 is 0 Å². The van der Waals surface area contributed by atoms with Gasteiger partial charge in [0, 0.05) is 23.5 Å². The maximum Gasteiger partial charge on any atom is 0.196 e. The van der Waals surface area contributed by atoms with Crippen LogP contribution in [-0.2, 0) is 0 Å². The van der Waals surface area contributed by atoms with Gasteiger partial charge in [0.25, 0.3) is 0 Å². The number of aromatic nitrogens is 3. The van der Waals surface area contributed by atoms with Crippen molar-refractivity contribution in [2.24, 2.45) is 0 Å². The van der Waals surface area contributed by atoms with Crippen molar-refractivity contribution < 1.29 is 4.42 Å². The smallest absolute Gasteiger partial charge is 0.196 e. The summed E-state index contributed by atoms with van der Waals surface area (Å²) in [6.07, 6.45) is 4.73. The van der Waals surface area contributed by atoms with Crippen LogP contribution < -0.4 is 10.7 Å². The molecule has 30 heavy (non-hydrogen) atoms. The van der Waals surface area contributed by atoms with Crippen molar-refractivity contribution in [2.45, 2.75) is 33.7 Å². The van der Waals surface area contributed by atoms with Crippen LogP contribution in [0.3, 0.4) is 0 Å². The normalized spacial score (nSPS) is 12.2. The first-order chi connectivity index (χ1) is 14.3. The summed E-state index contributed by atoms with van der Waals surface area (Å²) < 4.78 is 6.30. The molecule has 152 valence electrons. The summed E-state index contributed by atoms with van der Waals surface area (Å²) in [5, 5.41) is 4.46. The average molecular weight is 421 g/mol. The number of pyridine rings is 1. The number of aryl methyl sites for hydroxylation is 2. The second kappa shape index (κ2) is 7.88. The molecular weight excluding hydrogens is 400 g/mol. The average Bonchev–Trinajstić information content (AvgIpc) is 2.73. The topological polar surface area (TPSA) is 80.9 Å². The highest BCUT2D eigenvalue weighted by Crippen LogP contribution is 2.32. The van der Waals surface area contributed by atoms with Gasteiger partial charge in [0.15, 0.2) is 5.43 Å². The molecule has 4 rings (SSSR count). The van der Waals surface area contributed by atoms with E-state index in [9.17, 15) is 4.79 Å². The minimum absolute atomic E-state index is 0.0587. The maximum absolute atomic E-state index is 13.2. The summed E-state index contributed by atoms with van der Waals surface area (Å²) in [5.74, 6) is 0.481. The maximum atomic E-state index is 13.2. The van der Waals surface area contributed by atoms with Crippen LogP contribution in [0.15, 0.2) is 52.2 Å². The van der Waals surface area contributed by atoms with Gasteiger partial charge in [-0.25, -0.2) is 15.0 Å². The zero-order chi connectivity index (χ0) is 21.4. The van der Waals surface area contributed by atoms with Crippen molar-refractivity contribution in [3.05, 3.63) is 80.7 Å². The van der Waals surface area contributed by atoms with E-state index in [4.69, 9.17) is 16.0 Å². The first-order valence-corrected chi connectivity index (χ1v) is 9.96. The van der Waals surface area contributed by atoms with Crippen molar-refractivity contribution in [3.63, 3.8) is 0 Å². The molecule has 0 aliphatic heterocycles. The van der Waals surface area contributed by atoms with E-state index in [-0.39, 0.29) is 11.5 Å². The van der Waals surface area contributed by atoms with Gasteiger partial charge < -0.3 is 9.73 Å². The Morgan fingerprint density at radius 3 is 2.53 bits per heavy atom. The first kappa shape index (κ1) is 20.0. The van der Waals surface area contributed by atoms with Crippen LogP contribution in [0.5, 0.6) is 0 Å². The SMILES string of the molecule is Cc1cc(C(C)Nc2ccc(Cl)nc2C)c2oc(-c3cncnc3)c(C)c(=O)c2c1. The minimum atomic E-state index is -0.139. The largest absolute Gasteiger partial charge is 0.455 e. The summed E-state index contributed by atoms with van der Waals surface area (Å²) >= 11 is 5.98. The van der Waals surface area contributed by atoms with Gasteiger partial charge in [-0.1, -0.05) is 17.7 Å². The standard InChI is InChI=1S/C23H21ClN4O2/c1-12-7-17(14(3)27-19-5-6-20(24)28-15(19)4)23-18(8-12)21(29)13(2)22(30-23)16-9-25-11-26-10-16/h5-11,14,27H,1-4H3. The van der Waals surface area contributed by atoms with Gasteiger partial charge in [0.05, 0.1) is 28.4 Å². The molecule has 0 radical (unpaired) electrons. The number of halogens is 1. The zero-order valence-electron chi connectivity index (χ0n) is 17.2. The number of hydrogen-bond donors (Lipinski definition) is 1. The number of hydrogen-bond acceptors (Lipinski definition) is 6. The third kappa shape index (κ3) is 3.66. The molecule has 1 unspecified atom stereocenters. The number of fused-ring (bicyclic) bond motifs is 1. The van der Waals surface area contributed by atoms with E-state index in [0.717, 1.165) is 22.5 Å². The molecule has 0 aliphatic rings. The second-order valence-electron chi connectivity index (χ2n) is 7.38. The molecule has 0 saturated carbocycles. The van der Waals surface area contributed by atoms with Gasteiger partial charge >= 0.3 is 0 Å². The lowest BCUT2D eigenvalue weighted by atomic mass is 9.99. The van der Waals surface area contributed by atoms with Crippen molar-refractivity contribution in [2.75, 3.05) is 5.32 Å². The summed E-state index contributed by atoms with van der Waals surface area (Å²) in [6, 6.07) is 7.40. The molecule has 6 nitrogen and oxygen atoms in total. The lowest BCUT2D eigenvalue weighted by Gasteiger charge is -2.19. The van der Waals surface area contributed by atoms with Crippen LogP contribution in [-0.4, -0.2) is 15.0 Å². The van der Waals surface area contributed by atoms with Gasteiger partial charge in [-0.05, 0) is 51.5 Å². The van der Waals surface area contributed by atoms with Gasteiger partial charge in [0.2, 0.25) is 0 Å². The van der Waals surface area contributed by atoms with E-state index in [0.29, 0.717) is 33.0 Å². The Morgan fingerprint density at radius 2 is 1.83 bits per heavy atom. The number of nitrogens with zero attached hydrogens (tertiary/aromatic N) is 3. The molecule has 0 saturated heterocycles. The van der Waals surface area contributed by atoms with Crippen LogP contribution in [0.2, 0.25) is 5.15 Å². The molecule has 1 N–H and O–H groups in total. The molecule has 0 aliphatic carbocycles. The van der Waals surface area contributed by atoms with Crippen molar-refractivity contribution in [1.82, 2.24) is 15.0 Å². The molecular formula is C23H21ClN4O2. The highest BCUT2D eigenvalue weighted by atomic mass is 35.5. The fourth-order valence-electron chi connectivity index (χ4n) is 3.57. The zero-order valence-corrected chi connectivity index (χ0v) is 17.9. The predicted molar refractivity (Wildman–Crippen MR) is 119 cm³/mol. The first-order valence-electron chi connectivity index (χ1n) is 9.58. The fourth-order valence-corrected chi connectivity index (χ4v) is 3.76. The van der Waals surface area contributed by atoms with Crippen LogP contribution >= 0.6 is 11.6 Å². The number of benzene rings is 1. The van der Waals surface area contributed by atoms with Crippen LogP contribution in [0.4, 0.5) is 5.69 Å². The Morgan fingerprint density at radius 1 is 1.10 bits per heavy atom. The van der Waals surface area contributed by atoms with Gasteiger partial charge in [0.1, 0.15) is 22.8 Å². The van der Waals surface area contributed by atoms with E-state index >= 15 is 0 Å².